The average Bonchev–Trinajstić information content (AvgIpc) is 3.12. The van der Waals surface area contributed by atoms with Crippen molar-refractivity contribution >= 4 is 17.2 Å². The Morgan fingerprint density at radius 2 is 2.29 bits per heavy atom. The Hall–Kier alpha value is -1.82. The molecule has 3 N–H and O–H groups in total. The molecule has 2 aromatic rings. The van der Waals surface area contributed by atoms with Gasteiger partial charge in [-0.25, -0.2) is 4.98 Å². The van der Waals surface area contributed by atoms with E-state index in [1.165, 1.54) is 4.88 Å². The maximum Gasteiger partial charge on any atom is 0.149 e. The SMILES string of the molecule is CC(C)(CCCCn1ccnc1-c1cccs1)/C(N)=N/O. The molecule has 0 radical (unpaired) electrons. The van der Waals surface area contributed by atoms with Crippen molar-refractivity contribution in [3.8, 4) is 10.7 Å². The van der Waals surface area contributed by atoms with Gasteiger partial charge in [0.05, 0.1) is 4.88 Å². The predicted octanol–water partition coefficient (Wildman–Crippen LogP) is 3.55. The number of hydrogen-bond acceptors (Lipinski definition) is 4. The van der Waals surface area contributed by atoms with Crippen LogP contribution in [-0.4, -0.2) is 20.6 Å². The molecule has 2 aromatic heterocycles. The van der Waals surface area contributed by atoms with E-state index in [1.807, 2.05) is 32.3 Å². The van der Waals surface area contributed by atoms with Crippen LogP contribution in [0.2, 0.25) is 0 Å². The van der Waals surface area contributed by atoms with Gasteiger partial charge in [0.15, 0.2) is 0 Å². The molecule has 0 aromatic carbocycles. The van der Waals surface area contributed by atoms with Gasteiger partial charge in [-0.1, -0.05) is 31.5 Å². The Balaban J connectivity index is 1.87. The van der Waals surface area contributed by atoms with Crippen molar-refractivity contribution in [3.63, 3.8) is 0 Å². The highest BCUT2D eigenvalue weighted by molar-refractivity contribution is 7.13. The van der Waals surface area contributed by atoms with Crippen LogP contribution in [0, 0.1) is 5.41 Å². The first-order valence-electron chi connectivity index (χ1n) is 7.07. The summed E-state index contributed by atoms with van der Waals surface area (Å²) < 4.78 is 2.18. The van der Waals surface area contributed by atoms with Crippen LogP contribution in [0.25, 0.3) is 10.7 Å². The van der Waals surface area contributed by atoms with E-state index in [0.29, 0.717) is 5.84 Å². The van der Waals surface area contributed by atoms with E-state index in [0.717, 1.165) is 31.6 Å². The van der Waals surface area contributed by atoms with Crippen molar-refractivity contribution in [2.45, 2.75) is 39.7 Å². The quantitative estimate of drug-likeness (QED) is 0.270. The lowest BCUT2D eigenvalue weighted by Crippen LogP contribution is -2.31. The topological polar surface area (TPSA) is 76.4 Å². The van der Waals surface area contributed by atoms with Gasteiger partial charge in [0.1, 0.15) is 11.7 Å². The molecule has 2 heterocycles. The first-order valence-corrected chi connectivity index (χ1v) is 7.95. The minimum absolute atomic E-state index is 0.264. The Morgan fingerprint density at radius 1 is 1.48 bits per heavy atom. The van der Waals surface area contributed by atoms with Gasteiger partial charge in [0.25, 0.3) is 0 Å². The summed E-state index contributed by atoms with van der Waals surface area (Å²) in [7, 11) is 0. The lowest BCUT2D eigenvalue weighted by molar-refractivity contribution is 0.304. The largest absolute Gasteiger partial charge is 0.409 e. The summed E-state index contributed by atoms with van der Waals surface area (Å²) in [5.74, 6) is 1.32. The van der Waals surface area contributed by atoms with Crippen molar-refractivity contribution in [3.05, 3.63) is 29.9 Å². The minimum Gasteiger partial charge on any atom is -0.409 e. The molecular weight excluding hydrogens is 284 g/mol. The number of nitrogens with two attached hydrogens (primary N) is 1. The Labute approximate surface area is 129 Å². The molecule has 0 bridgehead atoms. The molecule has 0 unspecified atom stereocenters. The normalized spacial score (nSPS) is 12.8. The molecule has 0 spiro atoms. The van der Waals surface area contributed by atoms with Gasteiger partial charge in [0.2, 0.25) is 0 Å². The highest BCUT2D eigenvalue weighted by Gasteiger charge is 2.22. The molecule has 5 nitrogen and oxygen atoms in total. The summed E-state index contributed by atoms with van der Waals surface area (Å²) >= 11 is 1.70. The minimum atomic E-state index is -0.264. The van der Waals surface area contributed by atoms with Gasteiger partial charge >= 0.3 is 0 Å². The van der Waals surface area contributed by atoms with Gasteiger partial charge in [-0.3, -0.25) is 0 Å². The number of unbranched alkanes of at least 4 members (excludes halogenated alkanes) is 1. The molecule has 0 amide bonds. The summed E-state index contributed by atoms with van der Waals surface area (Å²) in [5, 5.41) is 14.0. The van der Waals surface area contributed by atoms with Gasteiger partial charge in [0, 0.05) is 24.4 Å². The smallest absolute Gasteiger partial charge is 0.149 e. The summed E-state index contributed by atoms with van der Waals surface area (Å²) in [6.45, 7) is 4.92. The zero-order valence-corrected chi connectivity index (χ0v) is 13.3. The van der Waals surface area contributed by atoms with Crippen LogP contribution in [-0.2, 0) is 6.54 Å². The van der Waals surface area contributed by atoms with Crippen LogP contribution < -0.4 is 5.73 Å². The lowest BCUT2D eigenvalue weighted by atomic mass is 9.86. The summed E-state index contributed by atoms with van der Waals surface area (Å²) in [6, 6.07) is 4.13. The standard InChI is InChI=1S/C15H22N4OS/c1-15(2,14(16)18-20)7-3-4-9-19-10-8-17-13(19)12-6-5-11-21-12/h5-6,8,10-11,20H,3-4,7,9H2,1-2H3,(H2,16,18). The first kappa shape index (κ1) is 15.6. The van der Waals surface area contributed by atoms with Gasteiger partial charge in [-0.05, 0) is 24.3 Å². The van der Waals surface area contributed by atoms with Crippen LogP contribution in [0.1, 0.15) is 33.1 Å². The predicted molar refractivity (Wildman–Crippen MR) is 86.6 cm³/mol. The van der Waals surface area contributed by atoms with E-state index < -0.39 is 0 Å². The number of amidine groups is 1. The van der Waals surface area contributed by atoms with Gasteiger partial charge in [-0.2, -0.15) is 0 Å². The molecular formula is C15H22N4OS. The molecule has 21 heavy (non-hydrogen) atoms. The fourth-order valence-electron chi connectivity index (χ4n) is 2.23. The summed E-state index contributed by atoms with van der Waals surface area (Å²) in [5.41, 5.74) is 5.44. The van der Waals surface area contributed by atoms with Crippen molar-refractivity contribution in [1.29, 1.82) is 0 Å². The highest BCUT2D eigenvalue weighted by Crippen LogP contribution is 2.25. The summed E-state index contributed by atoms with van der Waals surface area (Å²) in [6.07, 6.45) is 6.81. The number of imidazole rings is 1. The van der Waals surface area contributed by atoms with E-state index in [4.69, 9.17) is 10.9 Å². The van der Waals surface area contributed by atoms with Crippen LogP contribution >= 0.6 is 11.3 Å². The van der Waals surface area contributed by atoms with E-state index in [1.54, 1.807) is 11.3 Å². The molecule has 2 rings (SSSR count). The number of rotatable bonds is 7. The number of aromatic nitrogens is 2. The summed E-state index contributed by atoms with van der Waals surface area (Å²) in [4.78, 5) is 5.62. The van der Waals surface area contributed by atoms with E-state index >= 15 is 0 Å². The Kier molecular flexibility index (Phi) is 5.01. The fourth-order valence-corrected chi connectivity index (χ4v) is 2.97. The molecule has 0 saturated carbocycles. The van der Waals surface area contributed by atoms with E-state index in [-0.39, 0.29) is 5.41 Å². The first-order chi connectivity index (χ1) is 10.0. The van der Waals surface area contributed by atoms with Crippen LogP contribution in [0.4, 0.5) is 0 Å². The lowest BCUT2D eigenvalue weighted by Gasteiger charge is -2.22. The molecule has 0 aliphatic carbocycles. The van der Waals surface area contributed by atoms with Crippen molar-refractivity contribution < 1.29 is 5.21 Å². The molecule has 0 fully saturated rings. The molecule has 0 atom stereocenters. The van der Waals surface area contributed by atoms with Crippen molar-refractivity contribution in [2.75, 3.05) is 0 Å². The zero-order chi connectivity index (χ0) is 15.3. The third kappa shape index (κ3) is 3.85. The molecule has 6 heteroatoms. The van der Waals surface area contributed by atoms with Gasteiger partial charge < -0.3 is 15.5 Å². The van der Waals surface area contributed by atoms with Gasteiger partial charge in [-0.15, -0.1) is 11.3 Å². The second-order valence-electron chi connectivity index (χ2n) is 5.75. The third-order valence-corrected chi connectivity index (χ3v) is 4.57. The van der Waals surface area contributed by atoms with Crippen LogP contribution in [0.15, 0.2) is 35.1 Å². The monoisotopic (exact) mass is 306 g/mol. The highest BCUT2D eigenvalue weighted by atomic mass is 32.1. The second kappa shape index (κ2) is 6.76. The third-order valence-electron chi connectivity index (χ3n) is 3.71. The molecule has 114 valence electrons. The second-order valence-corrected chi connectivity index (χ2v) is 6.70. The molecule has 0 aliphatic heterocycles. The fraction of sp³-hybridized carbons (Fsp3) is 0.467. The number of hydrogen-bond donors (Lipinski definition) is 2. The van der Waals surface area contributed by atoms with E-state index in [9.17, 15) is 0 Å². The van der Waals surface area contributed by atoms with Crippen molar-refractivity contribution in [1.82, 2.24) is 9.55 Å². The molecule has 0 aliphatic rings. The maximum atomic E-state index is 8.77. The van der Waals surface area contributed by atoms with Crippen molar-refractivity contribution in [2.24, 2.45) is 16.3 Å². The maximum absolute atomic E-state index is 8.77. The Morgan fingerprint density at radius 3 is 2.95 bits per heavy atom. The van der Waals surface area contributed by atoms with Crippen LogP contribution in [0.5, 0.6) is 0 Å². The zero-order valence-electron chi connectivity index (χ0n) is 12.5. The van der Waals surface area contributed by atoms with Crippen LogP contribution in [0.3, 0.4) is 0 Å². The number of nitrogens with zero attached hydrogens (tertiary/aromatic N) is 3. The Bertz CT molecular complexity index is 587. The number of thiophene rings is 1. The number of aryl methyl sites for hydroxylation is 1. The molecule has 0 saturated heterocycles. The average molecular weight is 306 g/mol. The van der Waals surface area contributed by atoms with E-state index in [2.05, 4.69) is 26.2 Å². The number of oxime groups is 1.